The predicted octanol–water partition coefficient (Wildman–Crippen LogP) is 0.594. The molecule has 0 atom stereocenters. The van der Waals surface area contributed by atoms with Gasteiger partial charge in [0.1, 0.15) is 0 Å². The van der Waals surface area contributed by atoms with Crippen molar-refractivity contribution in [2.24, 2.45) is 0 Å². The number of rotatable bonds is 0. The van der Waals surface area contributed by atoms with Crippen molar-refractivity contribution in [1.29, 1.82) is 0 Å². The van der Waals surface area contributed by atoms with Crippen molar-refractivity contribution in [1.82, 2.24) is 9.97 Å². The second kappa shape index (κ2) is 14.4. The van der Waals surface area contributed by atoms with Crippen LogP contribution in [0.15, 0.2) is 18.7 Å². The second-order valence-electron chi connectivity index (χ2n) is 2.36. The molecule has 0 saturated heterocycles. The summed E-state index contributed by atoms with van der Waals surface area (Å²) < 4.78 is 3.97. The van der Waals surface area contributed by atoms with Crippen LogP contribution in [0.1, 0.15) is 20.8 Å². The zero-order valence-corrected chi connectivity index (χ0v) is 11.2. The summed E-state index contributed by atoms with van der Waals surface area (Å²) in [5.41, 5.74) is 0. The average Bonchev–Trinajstić information content (AvgIpc) is 2.54. The number of aromatic nitrogens is 2. The van der Waals surface area contributed by atoms with Gasteiger partial charge in [0.2, 0.25) is 0 Å². The smallest absolute Gasteiger partial charge is 0.310 e. The van der Waals surface area contributed by atoms with Crippen LogP contribution in [0.4, 0.5) is 0 Å². The predicted molar refractivity (Wildman–Crippen MR) is 54.3 cm³/mol. The van der Waals surface area contributed by atoms with Gasteiger partial charge in [-0.05, 0) is 0 Å². The Balaban J connectivity index is -0.000000175. The number of esters is 2. The Morgan fingerprint density at radius 3 is 1.65 bits per heavy atom. The molecule has 0 aromatic carbocycles. The van der Waals surface area contributed by atoms with Crippen LogP contribution in [0.5, 0.6) is 0 Å². The zero-order valence-electron chi connectivity index (χ0n) is 9.59. The van der Waals surface area contributed by atoms with Crippen LogP contribution in [0.2, 0.25) is 0 Å². The van der Waals surface area contributed by atoms with Gasteiger partial charge in [0.15, 0.2) is 0 Å². The average molecular weight is 333 g/mol. The molecule has 0 aliphatic heterocycles. The maximum atomic E-state index is 9.81. The van der Waals surface area contributed by atoms with Crippen molar-refractivity contribution in [3.8, 4) is 0 Å². The summed E-state index contributed by atoms with van der Waals surface area (Å²) in [6.07, 6.45) is 5.08. The Morgan fingerprint density at radius 2 is 1.59 bits per heavy atom. The normalized spacial score (nSPS) is 7.00. The Kier molecular flexibility index (Phi) is 17.7. The molecule has 0 bridgehead atoms. The Labute approximate surface area is 111 Å². The molecule has 0 amide bonds. The van der Waals surface area contributed by atoms with Gasteiger partial charge in [-0.2, -0.15) is 0 Å². The third-order valence-electron chi connectivity index (χ3n) is 0.693. The molecular formula is C9H14N2O5Rh. The van der Waals surface area contributed by atoms with Gasteiger partial charge in [-0.1, -0.05) is 0 Å². The largest absolute Gasteiger partial charge is 0.481 e. The van der Waals surface area contributed by atoms with Gasteiger partial charge in [0, 0.05) is 52.6 Å². The number of carboxylic acids is 1. The minimum atomic E-state index is -0.833. The maximum Gasteiger partial charge on any atom is 0.310 e. The summed E-state index contributed by atoms with van der Waals surface area (Å²) in [6.45, 7) is 3.45. The van der Waals surface area contributed by atoms with E-state index in [9.17, 15) is 9.59 Å². The number of carboxylic acid groups (broad SMARTS) is 1. The quantitative estimate of drug-likeness (QED) is 0.409. The maximum absolute atomic E-state index is 9.81. The van der Waals surface area contributed by atoms with E-state index in [0.717, 1.165) is 6.92 Å². The van der Waals surface area contributed by atoms with E-state index in [0.29, 0.717) is 0 Å². The van der Waals surface area contributed by atoms with Crippen LogP contribution in [0.25, 0.3) is 0 Å². The Morgan fingerprint density at radius 1 is 1.18 bits per heavy atom. The summed E-state index contributed by atoms with van der Waals surface area (Å²) >= 11 is 0. The molecule has 1 heterocycles. The monoisotopic (exact) mass is 333 g/mol. The van der Waals surface area contributed by atoms with Crippen molar-refractivity contribution in [3.63, 3.8) is 0 Å². The molecule has 99 valence electrons. The molecule has 8 heteroatoms. The standard InChI is InChI=1S/C4H6O3.C3H4N2.C2H4O2.Rh/c1-3(5)7-4(2)6;1-2-5-3-4-1;1-2(3)4;/h1-2H3;1-3H,(H,4,5);1H3,(H,3,4);. The van der Waals surface area contributed by atoms with Gasteiger partial charge in [-0.25, -0.2) is 4.98 Å². The van der Waals surface area contributed by atoms with Crippen LogP contribution in [0, 0.1) is 0 Å². The number of hydrogen-bond donors (Lipinski definition) is 2. The molecule has 1 aromatic rings. The van der Waals surface area contributed by atoms with Gasteiger partial charge in [0.05, 0.1) is 6.33 Å². The number of nitrogens with one attached hydrogen (secondary N) is 1. The summed E-state index contributed by atoms with van der Waals surface area (Å²) in [7, 11) is 0. The number of ether oxygens (including phenoxy) is 1. The van der Waals surface area contributed by atoms with Crippen molar-refractivity contribution in [3.05, 3.63) is 18.7 Å². The van der Waals surface area contributed by atoms with Crippen molar-refractivity contribution in [2.75, 3.05) is 0 Å². The minimum Gasteiger partial charge on any atom is -0.481 e. The van der Waals surface area contributed by atoms with Gasteiger partial charge in [-0.15, -0.1) is 0 Å². The Hall–Kier alpha value is -1.56. The van der Waals surface area contributed by atoms with Crippen LogP contribution in [-0.4, -0.2) is 33.0 Å². The summed E-state index contributed by atoms with van der Waals surface area (Å²) in [5.74, 6) is -1.96. The van der Waals surface area contributed by atoms with Gasteiger partial charge in [-0.3, -0.25) is 14.4 Å². The molecule has 0 aliphatic carbocycles. The van der Waals surface area contributed by atoms with E-state index in [4.69, 9.17) is 9.90 Å². The van der Waals surface area contributed by atoms with E-state index >= 15 is 0 Å². The molecule has 0 unspecified atom stereocenters. The molecular weight excluding hydrogens is 319 g/mol. The van der Waals surface area contributed by atoms with Gasteiger partial charge < -0.3 is 14.8 Å². The molecule has 2 N–H and O–H groups in total. The minimum absolute atomic E-state index is 0. The number of aliphatic carboxylic acids is 1. The first-order valence-corrected chi connectivity index (χ1v) is 4.17. The summed E-state index contributed by atoms with van der Waals surface area (Å²) in [5, 5.41) is 7.42. The fourth-order valence-corrected chi connectivity index (χ4v) is 0.418. The van der Waals surface area contributed by atoms with E-state index in [1.165, 1.54) is 13.8 Å². The first-order chi connectivity index (χ1) is 7.36. The Bertz CT molecular complexity index is 280. The van der Waals surface area contributed by atoms with Gasteiger partial charge >= 0.3 is 11.9 Å². The molecule has 0 saturated carbocycles. The number of aromatic amines is 1. The van der Waals surface area contributed by atoms with Crippen molar-refractivity contribution in [2.45, 2.75) is 20.8 Å². The molecule has 1 rings (SSSR count). The molecule has 0 fully saturated rings. The fourth-order valence-electron chi connectivity index (χ4n) is 0.418. The number of H-pyrrole nitrogens is 1. The van der Waals surface area contributed by atoms with E-state index in [1.54, 1.807) is 18.7 Å². The topological polar surface area (TPSA) is 109 Å². The van der Waals surface area contributed by atoms with Gasteiger partial charge in [0.25, 0.3) is 5.97 Å². The SMILES string of the molecule is CC(=O)O.CC(=O)OC(C)=O.[Rh].c1c[nH]cn1. The second-order valence-corrected chi connectivity index (χ2v) is 2.36. The van der Waals surface area contributed by atoms with Crippen LogP contribution in [-0.2, 0) is 38.6 Å². The zero-order chi connectivity index (χ0) is 13.0. The number of carbonyl (C=O) groups is 3. The molecule has 1 aromatic heterocycles. The number of carbonyl (C=O) groups excluding carboxylic acids is 2. The summed E-state index contributed by atoms with van der Waals surface area (Å²) in [4.78, 5) is 35.0. The first kappa shape index (κ1) is 20.8. The van der Waals surface area contributed by atoms with E-state index < -0.39 is 17.9 Å². The third kappa shape index (κ3) is 40.4. The van der Waals surface area contributed by atoms with Crippen LogP contribution in [0.3, 0.4) is 0 Å². The number of imidazole rings is 1. The molecule has 17 heavy (non-hydrogen) atoms. The fraction of sp³-hybridized carbons (Fsp3) is 0.333. The molecule has 1 radical (unpaired) electrons. The first-order valence-electron chi connectivity index (χ1n) is 4.17. The van der Waals surface area contributed by atoms with E-state index in [2.05, 4.69) is 14.7 Å². The summed E-state index contributed by atoms with van der Waals surface area (Å²) in [6, 6.07) is 0. The molecule has 0 aliphatic rings. The molecule has 0 spiro atoms. The molecule has 7 nitrogen and oxygen atoms in total. The third-order valence-corrected chi connectivity index (χ3v) is 0.693. The van der Waals surface area contributed by atoms with E-state index in [-0.39, 0.29) is 19.5 Å². The van der Waals surface area contributed by atoms with E-state index in [1.807, 2.05) is 0 Å². The van der Waals surface area contributed by atoms with Crippen LogP contribution < -0.4 is 0 Å². The number of hydrogen-bond acceptors (Lipinski definition) is 5. The van der Waals surface area contributed by atoms with Crippen molar-refractivity contribution < 1.29 is 43.7 Å². The van der Waals surface area contributed by atoms with Crippen LogP contribution >= 0.6 is 0 Å². The van der Waals surface area contributed by atoms with Crippen molar-refractivity contribution >= 4 is 17.9 Å². The number of nitrogens with zero attached hydrogens (tertiary/aromatic N) is 1.